The maximum absolute atomic E-state index is 12.7. The summed E-state index contributed by atoms with van der Waals surface area (Å²) in [6.07, 6.45) is 9.71. The van der Waals surface area contributed by atoms with Crippen molar-refractivity contribution in [3.8, 4) is 0 Å². The van der Waals surface area contributed by atoms with Crippen molar-refractivity contribution >= 4 is 0 Å². The monoisotopic (exact) mass is 180 g/mol. The van der Waals surface area contributed by atoms with Crippen LogP contribution in [0.1, 0.15) is 25.7 Å². The molecule has 0 amide bonds. The van der Waals surface area contributed by atoms with Gasteiger partial charge in [-0.1, -0.05) is 12.2 Å². The van der Waals surface area contributed by atoms with Gasteiger partial charge in [-0.05, 0) is 55.3 Å². The van der Waals surface area contributed by atoms with Crippen LogP contribution in [-0.4, -0.2) is 6.67 Å². The lowest BCUT2D eigenvalue weighted by atomic mass is 9.70. The molecule has 0 aromatic carbocycles. The fourth-order valence-corrected chi connectivity index (χ4v) is 4.14. The SMILES string of the molecule is FCC1CC2CC1C1CC=CCC21. The zero-order valence-electron chi connectivity index (χ0n) is 7.95. The molecule has 0 radical (unpaired) electrons. The highest BCUT2D eigenvalue weighted by molar-refractivity contribution is 5.07. The van der Waals surface area contributed by atoms with E-state index in [4.69, 9.17) is 0 Å². The molecule has 0 spiro atoms. The maximum Gasteiger partial charge on any atom is 0.0925 e. The van der Waals surface area contributed by atoms with Crippen molar-refractivity contribution in [2.45, 2.75) is 25.7 Å². The second-order valence-corrected chi connectivity index (χ2v) is 5.08. The third-order valence-corrected chi connectivity index (χ3v) is 4.67. The van der Waals surface area contributed by atoms with E-state index in [-0.39, 0.29) is 6.67 Å². The summed E-state index contributed by atoms with van der Waals surface area (Å²) in [7, 11) is 0. The van der Waals surface area contributed by atoms with Crippen LogP contribution < -0.4 is 0 Å². The number of allylic oxidation sites excluding steroid dienone is 2. The Morgan fingerprint density at radius 1 is 1.00 bits per heavy atom. The van der Waals surface area contributed by atoms with E-state index >= 15 is 0 Å². The molecular weight excluding hydrogens is 163 g/mol. The van der Waals surface area contributed by atoms with Crippen molar-refractivity contribution in [1.29, 1.82) is 0 Å². The van der Waals surface area contributed by atoms with E-state index < -0.39 is 0 Å². The standard InChI is InChI=1S/C12H17F/c13-7-9-5-8-6-12(9)11-4-2-1-3-10(8)11/h1-2,8-12H,3-7H2. The van der Waals surface area contributed by atoms with Crippen molar-refractivity contribution in [2.24, 2.45) is 29.6 Å². The molecule has 2 fully saturated rings. The van der Waals surface area contributed by atoms with Crippen LogP contribution in [0.3, 0.4) is 0 Å². The predicted octanol–water partition coefficient (Wildman–Crippen LogP) is 3.19. The first-order chi connectivity index (χ1) is 6.40. The number of hydrogen-bond donors (Lipinski definition) is 0. The molecule has 5 atom stereocenters. The van der Waals surface area contributed by atoms with Crippen LogP contribution in [0.5, 0.6) is 0 Å². The topological polar surface area (TPSA) is 0 Å². The second-order valence-electron chi connectivity index (χ2n) is 5.08. The molecule has 72 valence electrons. The quantitative estimate of drug-likeness (QED) is 0.544. The molecule has 3 aliphatic carbocycles. The van der Waals surface area contributed by atoms with Crippen LogP contribution in [0.2, 0.25) is 0 Å². The van der Waals surface area contributed by atoms with Crippen molar-refractivity contribution in [3.05, 3.63) is 12.2 Å². The molecule has 3 rings (SSSR count). The third kappa shape index (κ3) is 1.02. The minimum Gasteiger partial charge on any atom is -0.251 e. The van der Waals surface area contributed by atoms with E-state index in [1.807, 2.05) is 0 Å². The Bertz CT molecular complexity index is 233. The predicted molar refractivity (Wildman–Crippen MR) is 51.0 cm³/mol. The van der Waals surface area contributed by atoms with Gasteiger partial charge in [-0.2, -0.15) is 0 Å². The Labute approximate surface area is 79.2 Å². The van der Waals surface area contributed by atoms with Gasteiger partial charge in [0.1, 0.15) is 0 Å². The Kier molecular flexibility index (Phi) is 1.75. The summed E-state index contributed by atoms with van der Waals surface area (Å²) < 4.78 is 12.7. The first-order valence-corrected chi connectivity index (χ1v) is 5.61. The van der Waals surface area contributed by atoms with E-state index in [0.29, 0.717) is 5.92 Å². The average molecular weight is 180 g/mol. The van der Waals surface area contributed by atoms with Gasteiger partial charge in [-0.15, -0.1) is 0 Å². The fourth-order valence-electron chi connectivity index (χ4n) is 4.14. The Hall–Kier alpha value is -0.330. The lowest BCUT2D eigenvalue weighted by molar-refractivity contribution is 0.137. The lowest BCUT2D eigenvalue weighted by Gasteiger charge is -2.35. The van der Waals surface area contributed by atoms with Crippen molar-refractivity contribution < 1.29 is 4.39 Å². The molecule has 0 N–H and O–H groups in total. The molecule has 2 saturated carbocycles. The summed E-state index contributed by atoms with van der Waals surface area (Å²) in [6.45, 7) is -0.0614. The van der Waals surface area contributed by atoms with Crippen LogP contribution in [0.15, 0.2) is 12.2 Å². The molecular formula is C12H17F. The van der Waals surface area contributed by atoms with E-state index in [0.717, 1.165) is 23.7 Å². The highest BCUT2D eigenvalue weighted by Crippen LogP contribution is 2.58. The normalized spacial score (nSPS) is 52.5. The van der Waals surface area contributed by atoms with Crippen LogP contribution in [0.25, 0.3) is 0 Å². The fraction of sp³-hybridized carbons (Fsp3) is 0.833. The summed E-state index contributed by atoms with van der Waals surface area (Å²) in [4.78, 5) is 0. The number of fused-ring (bicyclic) bond motifs is 5. The summed E-state index contributed by atoms with van der Waals surface area (Å²) in [5.74, 6) is 3.82. The summed E-state index contributed by atoms with van der Waals surface area (Å²) in [6, 6.07) is 0. The smallest absolute Gasteiger partial charge is 0.0925 e. The molecule has 13 heavy (non-hydrogen) atoms. The van der Waals surface area contributed by atoms with E-state index in [9.17, 15) is 4.39 Å². The summed E-state index contributed by atoms with van der Waals surface area (Å²) in [5, 5.41) is 0. The van der Waals surface area contributed by atoms with Crippen LogP contribution in [0, 0.1) is 29.6 Å². The highest BCUT2D eigenvalue weighted by Gasteiger charge is 2.51. The van der Waals surface area contributed by atoms with Gasteiger partial charge in [0, 0.05) is 0 Å². The Morgan fingerprint density at radius 2 is 1.77 bits per heavy atom. The third-order valence-electron chi connectivity index (χ3n) is 4.67. The molecule has 0 aromatic rings. The van der Waals surface area contributed by atoms with Crippen LogP contribution in [0.4, 0.5) is 4.39 Å². The number of alkyl halides is 1. The number of hydrogen-bond acceptors (Lipinski definition) is 0. The van der Waals surface area contributed by atoms with Gasteiger partial charge in [-0.3, -0.25) is 4.39 Å². The van der Waals surface area contributed by atoms with Crippen molar-refractivity contribution in [2.75, 3.05) is 6.67 Å². The summed E-state index contributed by atoms with van der Waals surface area (Å²) in [5.41, 5.74) is 0. The highest BCUT2D eigenvalue weighted by atomic mass is 19.1. The van der Waals surface area contributed by atoms with E-state index in [1.54, 1.807) is 0 Å². The minimum atomic E-state index is -0.0614. The Balaban J connectivity index is 1.84. The van der Waals surface area contributed by atoms with E-state index in [1.165, 1.54) is 25.7 Å². The molecule has 0 heterocycles. The molecule has 0 saturated heterocycles. The molecule has 0 nitrogen and oxygen atoms in total. The largest absolute Gasteiger partial charge is 0.251 e. The van der Waals surface area contributed by atoms with Gasteiger partial charge >= 0.3 is 0 Å². The van der Waals surface area contributed by atoms with Crippen LogP contribution >= 0.6 is 0 Å². The van der Waals surface area contributed by atoms with Gasteiger partial charge in [0.05, 0.1) is 6.67 Å². The van der Waals surface area contributed by atoms with Gasteiger partial charge < -0.3 is 0 Å². The zero-order chi connectivity index (χ0) is 8.84. The molecule has 3 aliphatic rings. The number of halogens is 1. The van der Waals surface area contributed by atoms with Gasteiger partial charge in [-0.25, -0.2) is 0 Å². The Morgan fingerprint density at radius 3 is 2.54 bits per heavy atom. The molecule has 5 unspecified atom stereocenters. The minimum absolute atomic E-state index is 0.0614. The first-order valence-electron chi connectivity index (χ1n) is 5.61. The van der Waals surface area contributed by atoms with Crippen molar-refractivity contribution in [3.63, 3.8) is 0 Å². The van der Waals surface area contributed by atoms with Gasteiger partial charge in [0.25, 0.3) is 0 Å². The molecule has 0 aromatic heterocycles. The molecule has 0 aliphatic heterocycles. The van der Waals surface area contributed by atoms with Gasteiger partial charge in [0.2, 0.25) is 0 Å². The first kappa shape index (κ1) is 8.02. The van der Waals surface area contributed by atoms with Gasteiger partial charge in [0.15, 0.2) is 0 Å². The summed E-state index contributed by atoms with van der Waals surface area (Å²) >= 11 is 0. The molecule has 2 bridgehead atoms. The van der Waals surface area contributed by atoms with Crippen molar-refractivity contribution in [1.82, 2.24) is 0 Å². The molecule has 1 heteroatoms. The number of rotatable bonds is 1. The average Bonchev–Trinajstić information content (AvgIpc) is 2.75. The lowest BCUT2D eigenvalue weighted by Crippen LogP contribution is -2.29. The second kappa shape index (κ2) is 2.83. The zero-order valence-corrected chi connectivity index (χ0v) is 7.95. The van der Waals surface area contributed by atoms with Crippen LogP contribution in [-0.2, 0) is 0 Å². The maximum atomic E-state index is 12.7. The van der Waals surface area contributed by atoms with E-state index in [2.05, 4.69) is 12.2 Å².